The summed E-state index contributed by atoms with van der Waals surface area (Å²) in [6.07, 6.45) is 1.17. The second kappa shape index (κ2) is 5.96. The second-order valence-electron chi connectivity index (χ2n) is 4.50. The zero-order chi connectivity index (χ0) is 14.6. The predicted octanol–water partition coefficient (Wildman–Crippen LogP) is 2.66. The maximum atomic E-state index is 11.4. The van der Waals surface area contributed by atoms with E-state index < -0.39 is 10.0 Å². The summed E-state index contributed by atoms with van der Waals surface area (Å²) in [5, 5.41) is 0. The van der Waals surface area contributed by atoms with Crippen LogP contribution in [0.5, 0.6) is 5.75 Å². The summed E-state index contributed by atoms with van der Waals surface area (Å²) in [7, 11) is -1.71. The molecule has 0 saturated heterocycles. The van der Waals surface area contributed by atoms with Gasteiger partial charge in [-0.1, -0.05) is 30.3 Å². The van der Waals surface area contributed by atoms with Crippen molar-refractivity contribution in [3.8, 4) is 5.75 Å². The molecule has 2 aromatic rings. The van der Waals surface area contributed by atoms with E-state index in [1.54, 1.807) is 24.3 Å². The van der Waals surface area contributed by atoms with Crippen molar-refractivity contribution in [1.82, 2.24) is 0 Å². The van der Waals surface area contributed by atoms with Gasteiger partial charge < -0.3 is 4.74 Å². The molecule has 20 heavy (non-hydrogen) atoms. The van der Waals surface area contributed by atoms with E-state index in [1.807, 2.05) is 30.3 Å². The minimum atomic E-state index is -3.23. The Hall–Kier alpha value is -2.01. The molecule has 0 aromatic heterocycles. The van der Waals surface area contributed by atoms with E-state index in [4.69, 9.17) is 4.74 Å². The van der Waals surface area contributed by atoms with Crippen molar-refractivity contribution in [3.05, 3.63) is 60.2 Å². The lowest BCUT2D eigenvalue weighted by Gasteiger charge is -2.16. The molecule has 0 aliphatic carbocycles. The number of anilines is 1. The van der Waals surface area contributed by atoms with Crippen molar-refractivity contribution in [2.75, 3.05) is 17.6 Å². The maximum Gasteiger partial charge on any atom is 0.231 e. The van der Waals surface area contributed by atoms with Crippen LogP contribution in [0.2, 0.25) is 0 Å². The highest BCUT2D eigenvalue weighted by atomic mass is 32.2. The fraction of sp³-hybridized carbons (Fsp3) is 0.200. The van der Waals surface area contributed by atoms with E-state index in [-0.39, 0.29) is 0 Å². The van der Waals surface area contributed by atoms with Gasteiger partial charge >= 0.3 is 0 Å². The zero-order valence-corrected chi connectivity index (χ0v) is 12.3. The van der Waals surface area contributed by atoms with Crippen LogP contribution in [0.3, 0.4) is 0 Å². The Morgan fingerprint density at radius 3 is 2.15 bits per heavy atom. The van der Waals surface area contributed by atoms with E-state index in [9.17, 15) is 8.42 Å². The fourth-order valence-corrected chi connectivity index (χ4v) is 2.19. The standard InChI is InChI=1S/C15H17NO3S/c1-16(20(2,17)18)14-8-10-15(11-9-14)19-12-13-6-4-3-5-7-13/h3-11H,12H2,1-2H3. The van der Waals surface area contributed by atoms with Gasteiger partial charge in [0.15, 0.2) is 0 Å². The molecule has 5 heteroatoms. The molecule has 0 fully saturated rings. The van der Waals surface area contributed by atoms with Crippen LogP contribution in [0.4, 0.5) is 5.69 Å². The molecule has 0 unspecified atom stereocenters. The average Bonchev–Trinajstić information content (AvgIpc) is 2.45. The van der Waals surface area contributed by atoms with E-state index in [0.29, 0.717) is 18.0 Å². The van der Waals surface area contributed by atoms with Gasteiger partial charge in [-0.15, -0.1) is 0 Å². The van der Waals surface area contributed by atoms with Gasteiger partial charge in [-0.05, 0) is 29.8 Å². The van der Waals surface area contributed by atoms with Gasteiger partial charge in [0.2, 0.25) is 10.0 Å². The topological polar surface area (TPSA) is 46.6 Å². The summed E-state index contributed by atoms with van der Waals surface area (Å²) < 4.78 is 29.7. The lowest BCUT2D eigenvalue weighted by atomic mass is 10.2. The molecule has 0 amide bonds. The van der Waals surface area contributed by atoms with Crippen LogP contribution in [-0.4, -0.2) is 21.7 Å². The maximum absolute atomic E-state index is 11.4. The van der Waals surface area contributed by atoms with Crippen molar-refractivity contribution < 1.29 is 13.2 Å². The third-order valence-corrected chi connectivity index (χ3v) is 4.15. The molecule has 4 nitrogen and oxygen atoms in total. The van der Waals surface area contributed by atoms with Gasteiger partial charge in [-0.3, -0.25) is 4.31 Å². The number of rotatable bonds is 5. The minimum Gasteiger partial charge on any atom is -0.489 e. The van der Waals surface area contributed by atoms with Gasteiger partial charge in [0.05, 0.1) is 11.9 Å². The summed E-state index contributed by atoms with van der Waals surface area (Å²) in [5.41, 5.74) is 1.70. The number of hydrogen-bond acceptors (Lipinski definition) is 3. The molecule has 0 saturated carbocycles. The first-order valence-corrected chi connectivity index (χ1v) is 8.02. The first-order valence-electron chi connectivity index (χ1n) is 6.17. The fourth-order valence-electron chi connectivity index (χ4n) is 1.68. The molecule has 0 atom stereocenters. The quantitative estimate of drug-likeness (QED) is 0.851. The number of nitrogens with zero attached hydrogens (tertiary/aromatic N) is 1. The smallest absolute Gasteiger partial charge is 0.231 e. The van der Waals surface area contributed by atoms with Crippen molar-refractivity contribution in [2.45, 2.75) is 6.61 Å². The lowest BCUT2D eigenvalue weighted by molar-refractivity contribution is 0.306. The lowest BCUT2D eigenvalue weighted by Crippen LogP contribution is -2.24. The Labute approximate surface area is 119 Å². The molecular weight excluding hydrogens is 274 g/mol. The van der Waals surface area contributed by atoms with Gasteiger partial charge in [-0.2, -0.15) is 0 Å². The number of ether oxygens (including phenoxy) is 1. The SMILES string of the molecule is CN(c1ccc(OCc2ccccc2)cc1)S(C)(=O)=O. The molecule has 0 spiro atoms. The molecule has 0 radical (unpaired) electrons. The average molecular weight is 291 g/mol. The van der Waals surface area contributed by atoms with Crippen LogP contribution in [0, 0.1) is 0 Å². The van der Waals surface area contributed by atoms with Gasteiger partial charge in [0.25, 0.3) is 0 Å². The summed E-state index contributed by atoms with van der Waals surface area (Å²) in [6, 6.07) is 16.8. The van der Waals surface area contributed by atoms with E-state index in [1.165, 1.54) is 17.6 Å². The number of benzene rings is 2. The van der Waals surface area contributed by atoms with Crippen molar-refractivity contribution in [3.63, 3.8) is 0 Å². The van der Waals surface area contributed by atoms with Crippen LogP contribution in [0.1, 0.15) is 5.56 Å². The Bertz CT molecular complexity index is 651. The highest BCUT2D eigenvalue weighted by Crippen LogP contribution is 2.20. The normalized spacial score (nSPS) is 11.1. The molecule has 2 aromatic carbocycles. The third kappa shape index (κ3) is 3.74. The number of sulfonamides is 1. The summed E-state index contributed by atoms with van der Waals surface area (Å²) in [5.74, 6) is 0.708. The van der Waals surface area contributed by atoms with Crippen LogP contribution in [-0.2, 0) is 16.6 Å². The molecule has 0 aliphatic rings. The predicted molar refractivity (Wildman–Crippen MR) is 80.5 cm³/mol. The first kappa shape index (κ1) is 14.4. The Balaban J connectivity index is 2.02. The molecule has 2 rings (SSSR count). The van der Waals surface area contributed by atoms with Crippen LogP contribution >= 0.6 is 0 Å². The van der Waals surface area contributed by atoms with E-state index in [2.05, 4.69) is 0 Å². The molecule has 106 valence electrons. The van der Waals surface area contributed by atoms with Gasteiger partial charge in [-0.25, -0.2) is 8.42 Å². The highest BCUT2D eigenvalue weighted by molar-refractivity contribution is 7.92. The molecule has 0 aliphatic heterocycles. The molecule has 0 heterocycles. The largest absolute Gasteiger partial charge is 0.489 e. The van der Waals surface area contributed by atoms with Gasteiger partial charge in [0, 0.05) is 7.05 Å². The summed E-state index contributed by atoms with van der Waals surface area (Å²) in [4.78, 5) is 0. The van der Waals surface area contributed by atoms with Crippen molar-refractivity contribution >= 4 is 15.7 Å². The van der Waals surface area contributed by atoms with Crippen molar-refractivity contribution in [1.29, 1.82) is 0 Å². The molecule has 0 N–H and O–H groups in total. The van der Waals surface area contributed by atoms with E-state index in [0.717, 1.165) is 5.56 Å². The first-order chi connectivity index (χ1) is 9.47. The molecule has 0 bridgehead atoms. The van der Waals surface area contributed by atoms with Crippen molar-refractivity contribution in [2.24, 2.45) is 0 Å². The van der Waals surface area contributed by atoms with E-state index >= 15 is 0 Å². The minimum absolute atomic E-state index is 0.488. The van der Waals surface area contributed by atoms with Gasteiger partial charge in [0.1, 0.15) is 12.4 Å². The Kier molecular flexibility index (Phi) is 4.29. The van der Waals surface area contributed by atoms with Crippen LogP contribution in [0.15, 0.2) is 54.6 Å². The Morgan fingerprint density at radius 1 is 1.00 bits per heavy atom. The van der Waals surface area contributed by atoms with Crippen LogP contribution < -0.4 is 9.04 Å². The highest BCUT2D eigenvalue weighted by Gasteiger charge is 2.11. The molecular formula is C15H17NO3S. The third-order valence-electron chi connectivity index (χ3n) is 2.95. The zero-order valence-electron chi connectivity index (χ0n) is 11.5. The number of hydrogen-bond donors (Lipinski definition) is 0. The Morgan fingerprint density at radius 2 is 1.60 bits per heavy atom. The second-order valence-corrected chi connectivity index (χ2v) is 6.51. The summed E-state index contributed by atoms with van der Waals surface area (Å²) >= 11 is 0. The summed E-state index contributed by atoms with van der Waals surface area (Å²) in [6.45, 7) is 0.488. The monoisotopic (exact) mass is 291 g/mol. The van der Waals surface area contributed by atoms with Crippen LogP contribution in [0.25, 0.3) is 0 Å².